The number of phenolic OH excluding ortho intramolecular Hbond substituents is 2. The average molecular weight is 280 g/mol. The minimum absolute atomic E-state index is 0.171. The number of phenols is 2. The second-order valence-corrected chi connectivity index (χ2v) is 5.68. The second-order valence-electron chi connectivity index (χ2n) is 4.25. The van der Waals surface area contributed by atoms with E-state index in [4.69, 9.17) is 4.52 Å². The van der Waals surface area contributed by atoms with Gasteiger partial charge in [-0.15, -0.1) is 0 Å². The van der Waals surface area contributed by atoms with E-state index in [1.165, 1.54) is 12.1 Å². The molecule has 19 heavy (non-hydrogen) atoms. The molecule has 0 saturated heterocycles. The molecule has 0 aliphatic heterocycles. The summed E-state index contributed by atoms with van der Waals surface area (Å²) in [6.07, 6.45) is 1.10. The number of rotatable bonds is 5. The topological polar surface area (TPSA) is 79.4 Å². The van der Waals surface area contributed by atoms with Crippen molar-refractivity contribution in [3.8, 4) is 23.0 Å². The Morgan fingerprint density at radius 3 is 2.79 bits per heavy atom. The summed E-state index contributed by atoms with van der Waals surface area (Å²) in [6, 6.07) is 4.41. The lowest BCUT2D eigenvalue weighted by Gasteiger charge is -2.04. The first-order chi connectivity index (χ1) is 9.10. The average Bonchev–Trinajstić information content (AvgIpc) is 2.88. The van der Waals surface area contributed by atoms with E-state index in [-0.39, 0.29) is 11.5 Å². The van der Waals surface area contributed by atoms with Gasteiger partial charge in [-0.1, -0.05) is 19.0 Å². The fourth-order valence-electron chi connectivity index (χ4n) is 1.42. The highest BCUT2D eigenvalue weighted by Crippen LogP contribution is 2.30. The molecule has 0 saturated carbocycles. The van der Waals surface area contributed by atoms with Crippen LogP contribution < -0.4 is 0 Å². The normalized spacial score (nSPS) is 12.5. The summed E-state index contributed by atoms with van der Waals surface area (Å²) >= 11 is 1.77. The van der Waals surface area contributed by atoms with Crippen LogP contribution >= 0.6 is 11.8 Å². The Morgan fingerprint density at radius 1 is 1.32 bits per heavy atom. The van der Waals surface area contributed by atoms with Crippen molar-refractivity contribution in [2.45, 2.75) is 31.3 Å². The highest BCUT2D eigenvalue weighted by Gasteiger charge is 2.11. The number of benzene rings is 1. The van der Waals surface area contributed by atoms with E-state index in [0.717, 1.165) is 6.42 Å². The van der Waals surface area contributed by atoms with E-state index in [2.05, 4.69) is 24.0 Å². The van der Waals surface area contributed by atoms with Crippen molar-refractivity contribution in [2.24, 2.45) is 0 Å². The van der Waals surface area contributed by atoms with Gasteiger partial charge in [0.25, 0.3) is 5.89 Å². The fourth-order valence-corrected chi connectivity index (χ4v) is 2.21. The molecule has 0 amide bonds. The van der Waals surface area contributed by atoms with Crippen LogP contribution in [-0.4, -0.2) is 25.6 Å². The Morgan fingerprint density at radius 2 is 2.11 bits per heavy atom. The molecule has 0 aliphatic rings. The molecule has 0 bridgehead atoms. The summed E-state index contributed by atoms with van der Waals surface area (Å²) in [5, 5.41) is 23.1. The molecule has 0 fully saturated rings. The van der Waals surface area contributed by atoms with Gasteiger partial charge in [-0.05, 0) is 24.6 Å². The molecular weight excluding hydrogens is 264 g/mol. The van der Waals surface area contributed by atoms with Crippen molar-refractivity contribution in [3.63, 3.8) is 0 Å². The largest absolute Gasteiger partial charge is 0.504 e. The third kappa shape index (κ3) is 3.41. The maximum Gasteiger partial charge on any atom is 0.258 e. The van der Waals surface area contributed by atoms with Crippen LogP contribution in [0, 0.1) is 0 Å². The van der Waals surface area contributed by atoms with Gasteiger partial charge >= 0.3 is 0 Å². The number of thioether (sulfide) groups is 1. The summed E-state index contributed by atoms with van der Waals surface area (Å²) in [5.74, 6) is 1.30. The third-order valence-electron chi connectivity index (χ3n) is 2.76. The number of aromatic nitrogens is 2. The van der Waals surface area contributed by atoms with Crippen LogP contribution in [0.4, 0.5) is 0 Å². The van der Waals surface area contributed by atoms with E-state index in [9.17, 15) is 10.2 Å². The molecule has 102 valence electrons. The summed E-state index contributed by atoms with van der Waals surface area (Å²) in [4.78, 5) is 4.27. The minimum atomic E-state index is -0.203. The Labute approximate surface area is 115 Å². The zero-order valence-corrected chi connectivity index (χ0v) is 11.6. The van der Waals surface area contributed by atoms with Gasteiger partial charge < -0.3 is 14.7 Å². The van der Waals surface area contributed by atoms with Gasteiger partial charge in [0.15, 0.2) is 17.3 Å². The van der Waals surface area contributed by atoms with Crippen LogP contribution in [0.5, 0.6) is 11.5 Å². The van der Waals surface area contributed by atoms with Crippen molar-refractivity contribution >= 4 is 11.8 Å². The summed E-state index contributed by atoms with van der Waals surface area (Å²) in [5.41, 5.74) is 0.586. The summed E-state index contributed by atoms with van der Waals surface area (Å²) < 4.78 is 5.14. The van der Waals surface area contributed by atoms with Crippen LogP contribution in [0.3, 0.4) is 0 Å². The van der Waals surface area contributed by atoms with Crippen molar-refractivity contribution in [2.75, 3.05) is 0 Å². The lowest BCUT2D eigenvalue weighted by molar-refractivity contribution is 0.402. The number of hydrogen-bond donors (Lipinski definition) is 2. The monoisotopic (exact) mass is 280 g/mol. The molecule has 1 atom stereocenters. The van der Waals surface area contributed by atoms with Gasteiger partial charge in [0.05, 0.1) is 5.75 Å². The Bertz CT molecular complexity index is 557. The molecule has 2 N–H and O–H groups in total. The van der Waals surface area contributed by atoms with Crippen molar-refractivity contribution in [1.82, 2.24) is 10.1 Å². The van der Waals surface area contributed by atoms with E-state index < -0.39 is 0 Å². The highest BCUT2D eigenvalue weighted by atomic mass is 32.2. The molecule has 1 heterocycles. The number of aromatic hydroxyl groups is 2. The van der Waals surface area contributed by atoms with Crippen molar-refractivity contribution in [3.05, 3.63) is 24.0 Å². The molecule has 0 radical (unpaired) electrons. The molecule has 1 aromatic heterocycles. The first-order valence-electron chi connectivity index (χ1n) is 6.06. The molecule has 2 rings (SSSR count). The summed E-state index contributed by atoms with van der Waals surface area (Å²) in [7, 11) is 0. The first-order valence-corrected chi connectivity index (χ1v) is 7.11. The molecule has 1 unspecified atom stereocenters. The van der Waals surface area contributed by atoms with Crippen LogP contribution in [0.15, 0.2) is 22.7 Å². The number of hydrogen-bond acceptors (Lipinski definition) is 6. The maximum absolute atomic E-state index is 9.43. The molecule has 1 aromatic carbocycles. The summed E-state index contributed by atoms with van der Waals surface area (Å²) in [6.45, 7) is 4.29. The SMILES string of the molecule is CCC(C)SCc1noc(-c2ccc(O)c(O)c2)n1. The first kappa shape index (κ1) is 13.7. The molecule has 5 nitrogen and oxygen atoms in total. The lowest BCUT2D eigenvalue weighted by atomic mass is 10.2. The number of nitrogens with zero attached hydrogens (tertiary/aromatic N) is 2. The Kier molecular flexibility index (Phi) is 4.31. The molecule has 6 heteroatoms. The fraction of sp³-hybridized carbons (Fsp3) is 0.385. The predicted molar refractivity (Wildman–Crippen MR) is 74.1 cm³/mol. The van der Waals surface area contributed by atoms with Crippen LogP contribution in [0.25, 0.3) is 11.5 Å². The van der Waals surface area contributed by atoms with E-state index >= 15 is 0 Å². The zero-order valence-electron chi connectivity index (χ0n) is 10.8. The van der Waals surface area contributed by atoms with Gasteiger partial charge in [-0.3, -0.25) is 0 Å². The standard InChI is InChI=1S/C13H16N2O3S/c1-3-8(2)19-7-12-14-13(18-15-12)9-4-5-10(16)11(17)6-9/h4-6,8,16-17H,3,7H2,1-2H3. The zero-order chi connectivity index (χ0) is 13.8. The van der Waals surface area contributed by atoms with Gasteiger partial charge in [-0.25, -0.2) is 0 Å². The van der Waals surface area contributed by atoms with E-state index in [1.807, 2.05) is 0 Å². The van der Waals surface area contributed by atoms with Crippen molar-refractivity contribution in [1.29, 1.82) is 0 Å². The predicted octanol–water partition coefficient (Wildman–Crippen LogP) is 3.18. The van der Waals surface area contributed by atoms with Crippen molar-refractivity contribution < 1.29 is 14.7 Å². The van der Waals surface area contributed by atoms with Crippen LogP contribution in [0.2, 0.25) is 0 Å². The minimum Gasteiger partial charge on any atom is -0.504 e. The van der Waals surface area contributed by atoms with Gasteiger partial charge in [-0.2, -0.15) is 16.7 Å². The van der Waals surface area contributed by atoms with Gasteiger partial charge in [0.1, 0.15) is 0 Å². The van der Waals surface area contributed by atoms with Gasteiger partial charge in [0, 0.05) is 10.8 Å². The molecule has 2 aromatic rings. The molecule has 0 aliphatic carbocycles. The van der Waals surface area contributed by atoms with Crippen LogP contribution in [-0.2, 0) is 5.75 Å². The quantitative estimate of drug-likeness (QED) is 0.819. The molecular formula is C13H16N2O3S. The Balaban J connectivity index is 2.09. The maximum atomic E-state index is 9.43. The lowest BCUT2D eigenvalue weighted by Crippen LogP contribution is -1.94. The van der Waals surface area contributed by atoms with E-state index in [0.29, 0.717) is 28.3 Å². The Hall–Kier alpha value is -1.69. The highest BCUT2D eigenvalue weighted by molar-refractivity contribution is 7.99. The van der Waals surface area contributed by atoms with Crippen LogP contribution in [0.1, 0.15) is 26.1 Å². The van der Waals surface area contributed by atoms with E-state index in [1.54, 1.807) is 17.8 Å². The smallest absolute Gasteiger partial charge is 0.258 e. The molecule has 0 spiro atoms. The second kappa shape index (κ2) is 5.97. The third-order valence-corrected chi connectivity index (χ3v) is 4.09. The van der Waals surface area contributed by atoms with Gasteiger partial charge in [0.2, 0.25) is 0 Å².